The van der Waals surface area contributed by atoms with Crippen LogP contribution in [0.3, 0.4) is 0 Å². The quantitative estimate of drug-likeness (QED) is 0.406. The van der Waals surface area contributed by atoms with Gasteiger partial charge in [0.15, 0.2) is 0 Å². The Balaban J connectivity index is 1.36. The van der Waals surface area contributed by atoms with Crippen LogP contribution in [0.25, 0.3) is 11.1 Å². The fourth-order valence-corrected chi connectivity index (χ4v) is 6.06. The number of nitrogens with one attached hydrogen (secondary N) is 1. The maximum absolute atomic E-state index is 13.2. The topological polar surface area (TPSA) is 60.5 Å². The molecule has 1 fully saturated rings. The molecular formula is C25H24IN2O3-. The van der Waals surface area contributed by atoms with Gasteiger partial charge in [0, 0.05) is 0 Å². The molecule has 0 bridgehead atoms. The third-order valence-corrected chi connectivity index (χ3v) is 8.15. The number of fused-ring (bicyclic) bond motifs is 1. The summed E-state index contributed by atoms with van der Waals surface area (Å²) in [6.07, 6.45) is 1.71. The van der Waals surface area contributed by atoms with E-state index in [-0.39, 0.29) is 27.1 Å². The third-order valence-electron chi connectivity index (χ3n) is 6.04. The average molecular weight is 527 g/mol. The van der Waals surface area contributed by atoms with Crippen LogP contribution >= 0.6 is 0 Å². The van der Waals surface area contributed by atoms with Crippen LogP contribution in [0.1, 0.15) is 29.7 Å². The second-order valence-corrected chi connectivity index (χ2v) is 10.5. The molecule has 5 nitrogen and oxygen atoms in total. The van der Waals surface area contributed by atoms with E-state index in [1.807, 2.05) is 43.3 Å². The van der Waals surface area contributed by atoms with Crippen LogP contribution in [0, 0.1) is 6.92 Å². The van der Waals surface area contributed by atoms with Gasteiger partial charge in [0.05, 0.1) is 7.11 Å². The molecule has 5 rings (SSSR count). The van der Waals surface area contributed by atoms with Gasteiger partial charge in [0.25, 0.3) is 0 Å². The minimum atomic E-state index is -0.466. The first-order valence-corrected chi connectivity index (χ1v) is 13.4. The average Bonchev–Trinajstić information content (AvgIpc) is 3.61. The molecule has 2 aliphatic rings. The zero-order valence-electron chi connectivity index (χ0n) is 17.6. The van der Waals surface area contributed by atoms with Crippen molar-refractivity contribution >= 4 is 11.7 Å². The second kappa shape index (κ2) is 8.15. The summed E-state index contributed by atoms with van der Waals surface area (Å²) in [4.78, 5) is 17.9. The van der Waals surface area contributed by atoms with Gasteiger partial charge in [-0.25, -0.2) is 0 Å². The van der Waals surface area contributed by atoms with Gasteiger partial charge in [0.2, 0.25) is 0 Å². The number of aryl methyl sites for hydroxylation is 1. The molecule has 6 heteroatoms. The molecule has 1 aliphatic heterocycles. The third kappa shape index (κ3) is 3.89. The number of pyridine rings is 1. The molecular weight excluding hydrogens is 503 g/mol. The van der Waals surface area contributed by atoms with Gasteiger partial charge >= 0.3 is 145 Å². The number of alkyl halides is 2. The molecule has 3 aromatic rings. The van der Waals surface area contributed by atoms with Gasteiger partial charge in [-0.05, 0) is 17.7 Å². The molecule has 0 unspecified atom stereocenters. The number of carbonyl (C=O) groups excluding carboxylic acids is 1. The molecule has 2 heterocycles. The van der Waals surface area contributed by atoms with Gasteiger partial charge in [-0.15, -0.1) is 0 Å². The van der Waals surface area contributed by atoms with E-state index in [1.165, 1.54) is 5.56 Å². The van der Waals surface area contributed by atoms with Crippen LogP contribution < -0.4 is 36.0 Å². The summed E-state index contributed by atoms with van der Waals surface area (Å²) < 4.78 is 13.2. The van der Waals surface area contributed by atoms with Crippen molar-refractivity contribution in [1.82, 2.24) is 4.98 Å². The van der Waals surface area contributed by atoms with Crippen molar-refractivity contribution < 1.29 is 35.5 Å². The van der Waals surface area contributed by atoms with Gasteiger partial charge in [0.1, 0.15) is 5.75 Å². The number of ether oxygens (including phenoxy) is 2. The molecule has 0 atom stereocenters. The predicted octanol–water partition coefficient (Wildman–Crippen LogP) is 1.67. The van der Waals surface area contributed by atoms with Gasteiger partial charge in [-0.2, -0.15) is 0 Å². The van der Waals surface area contributed by atoms with Crippen LogP contribution in [-0.2, 0) is 14.6 Å². The SMILES string of the molecule is COc1cccc(-c2ccc(NC(=O)C3(c4ccc5c(c4)OC[I-]C5)CC3)nc2C)c1. The Morgan fingerprint density at radius 2 is 2.03 bits per heavy atom. The van der Waals surface area contributed by atoms with E-state index in [1.54, 1.807) is 7.11 Å². The molecule has 0 saturated heterocycles. The predicted molar refractivity (Wildman–Crippen MR) is 116 cm³/mol. The molecule has 1 aromatic heterocycles. The smallest absolute Gasteiger partial charge is 0.0121 e. The Kier molecular flexibility index (Phi) is 5.33. The maximum atomic E-state index is 13.2. The first kappa shape index (κ1) is 20.3. The minimum Gasteiger partial charge on any atom is -0.0121 e. The molecule has 2 aromatic carbocycles. The number of nitrogens with zero attached hydrogens (tertiary/aromatic N) is 1. The fourth-order valence-electron chi connectivity index (χ4n) is 4.07. The van der Waals surface area contributed by atoms with Crippen molar-refractivity contribution in [2.45, 2.75) is 29.6 Å². The zero-order valence-corrected chi connectivity index (χ0v) is 19.7. The Hall–Kier alpha value is -2.61. The first-order chi connectivity index (χ1) is 15.1. The van der Waals surface area contributed by atoms with Crippen molar-refractivity contribution in [2.24, 2.45) is 0 Å². The van der Waals surface area contributed by atoms with E-state index in [2.05, 4.69) is 28.5 Å². The number of rotatable bonds is 5. The molecule has 0 spiro atoms. The molecule has 1 saturated carbocycles. The Bertz CT molecular complexity index is 1160. The Labute approximate surface area is 192 Å². The minimum absolute atomic E-state index is 0.0108. The van der Waals surface area contributed by atoms with Crippen LogP contribution in [0.2, 0.25) is 0 Å². The van der Waals surface area contributed by atoms with Crippen molar-refractivity contribution in [2.75, 3.05) is 17.0 Å². The summed E-state index contributed by atoms with van der Waals surface area (Å²) in [5.74, 6) is 2.36. The number of hydrogen-bond donors (Lipinski definition) is 1. The zero-order chi connectivity index (χ0) is 21.4. The number of carbonyl (C=O) groups is 1. The number of halogens is 1. The molecule has 1 N–H and O–H groups in total. The van der Waals surface area contributed by atoms with Gasteiger partial charge < -0.3 is 4.74 Å². The summed E-state index contributed by atoms with van der Waals surface area (Å²) in [6.45, 7) is 1.96. The van der Waals surface area contributed by atoms with Crippen molar-refractivity contribution in [3.8, 4) is 22.6 Å². The summed E-state index contributed by atoms with van der Waals surface area (Å²) in [7, 11) is 1.66. The number of methoxy groups -OCH3 is 1. The van der Waals surface area contributed by atoms with Crippen LogP contribution in [0.4, 0.5) is 5.82 Å². The summed E-state index contributed by atoms with van der Waals surface area (Å²) in [5, 5.41) is 3.06. The second-order valence-electron chi connectivity index (χ2n) is 8.00. The Morgan fingerprint density at radius 3 is 2.81 bits per heavy atom. The van der Waals surface area contributed by atoms with E-state index >= 15 is 0 Å². The van der Waals surface area contributed by atoms with E-state index in [0.29, 0.717) is 5.82 Å². The van der Waals surface area contributed by atoms with E-state index < -0.39 is 5.41 Å². The van der Waals surface area contributed by atoms with Crippen molar-refractivity contribution in [3.05, 3.63) is 71.4 Å². The molecule has 1 amide bonds. The number of amides is 1. The number of anilines is 1. The van der Waals surface area contributed by atoms with Crippen LogP contribution in [0.5, 0.6) is 11.5 Å². The van der Waals surface area contributed by atoms with Crippen LogP contribution in [0.15, 0.2) is 54.6 Å². The number of aromatic nitrogens is 1. The molecule has 1 aliphatic carbocycles. The number of hydrogen-bond acceptors (Lipinski definition) is 4. The molecule has 31 heavy (non-hydrogen) atoms. The molecule has 160 valence electrons. The van der Waals surface area contributed by atoms with Gasteiger partial charge in [-0.3, -0.25) is 0 Å². The van der Waals surface area contributed by atoms with E-state index in [0.717, 1.165) is 55.8 Å². The van der Waals surface area contributed by atoms with E-state index in [9.17, 15) is 4.79 Å². The molecule has 0 radical (unpaired) electrons. The fraction of sp³-hybridized carbons (Fsp3) is 0.280. The normalized spacial score (nSPS) is 16.3. The van der Waals surface area contributed by atoms with E-state index in [4.69, 9.17) is 9.47 Å². The monoisotopic (exact) mass is 527 g/mol. The standard InChI is InChI=1S/C25H24IN2O3/c1-16-21(17-4-3-5-20(12-17)30-2)8-9-23(27-16)28-24(29)25(10-11-25)19-7-6-18-14-26-15-31-22(18)13-19/h3-9,12-13H,10-11,14-15H2,1-2H3,(H,27,28,29)/q-1. The number of benzene rings is 2. The first-order valence-electron chi connectivity index (χ1n) is 10.3. The van der Waals surface area contributed by atoms with Crippen molar-refractivity contribution in [1.29, 1.82) is 0 Å². The van der Waals surface area contributed by atoms with Crippen molar-refractivity contribution in [3.63, 3.8) is 0 Å². The Morgan fingerprint density at radius 1 is 1.16 bits per heavy atom. The van der Waals surface area contributed by atoms with Gasteiger partial charge in [-0.1, -0.05) is 12.1 Å². The summed E-state index contributed by atoms with van der Waals surface area (Å²) in [5.41, 5.74) is 4.79. The summed E-state index contributed by atoms with van der Waals surface area (Å²) >= 11 is 0.113. The van der Waals surface area contributed by atoms with Crippen LogP contribution in [-0.4, -0.2) is 22.6 Å². The summed E-state index contributed by atoms with van der Waals surface area (Å²) in [6, 6.07) is 18.1.